The summed E-state index contributed by atoms with van der Waals surface area (Å²) in [6.07, 6.45) is 2.92. The third kappa shape index (κ3) is 5.46. The van der Waals surface area contributed by atoms with E-state index in [-0.39, 0.29) is 6.10 Å². The summed E-state index contributed by atoms with van der Waals surface area (Å²) < 4.78 is 5.68. The van der Waals surface area contributed by atoms with Crippen molar-refractivity contribution in [3.63, 3.8) is 0 Å². The molecule has 1 saturated carbocycles. The lowest BCUT2D eigenvalue weighted by Crippen LogP contribution is -2.45. The quantitative estimate of drug-likeness (QED) is 0.801. The van der Waals surface area contributed by atoms with E-state index in [1.807, 2.05) is 18.7 Å². The fourth-order valence-corrected chi connectivity index (χ4v) is 3.44. The van der Waals surface area contributed by atoms with E-state index in [1.54, 1.807) is 0 Å². The molecule has 21 heavy (non-hydrogen) atoms. The predicted molar refractivity (Wildman–Crippen MR) is 90.3 cm³/mol. The molecule has 0 radical (unpaired) electrons. The molecule has 1 amide bonds. The highest BCUT2D eigenvalue weighted by molar-refractivity contribution is 7.80. The van der Waals surface area contributed by atoms with Crippen molar-refractivity contribution < 1.29 is 9.53 Å². The van der Waals surface area contributed by atoms with Crippen LogP contribution in [0.25, 0.3) is 0 Å². The van der Waals surface area contributed by atoms with Crippen molar-refractivity contribution in [1.82, 2.24) is 10.2 Å². The SMILES string of the molecule is CCN(CC)C(=S)NC(=O)O[C@@H]1C[C@@H](C)CC[C@H]1C(C)C. The maximum atomic E-state index is 12.1. The zero-order chi connectivity index (χ0) is 16.0. The summed E-state index contributed by atoms with van der Waals surface area (Å²) >= 11 is 5.24. The number of carbonyl (C=O) groups is 1. The minimum absolute atomic E-state index is 0.00764. The number of alkyl carbamates (subject to hydrolysis) is 1. The van der Waals surface area contributed by atoms with Gasteiger partial charge >= 0.3 is 6.09 Å². The van der Waals surface area contributed by atoms with Gasteiger partial charge in [-0.05, 0) is 56.7 Å². The molecule has 0 heterocycles. The molecule has 1 fully saturated rings. The lowest BCUT2D eigenvalue weighted by atomic mass is 9.75. The van der Waals surface area contributed by atoms with Gasteiger partial charge in [-0.1, -0.05) is 27.2 Å². The van der Waals surface area contributed by atoms with Crippen LogP contribution in [0.1, 0.15) is 53.9 Å². The van der Waals surface area contributed by atoms with Crippen molar-refractivity contribution in [2.75, 3.05) is 13.1 Å². The van der Waals surface area contributed by atoms with Gasteiger partial charge in [0.25, 0.3) is 0 Å². The van der Waals surface area contributed by atoms with E-state index in [1.165, 1.54) is 6.42 Å². The van der Waals surface area contributed by atoms with E-state index in [4.69, 9.17) is 17.0 Å². The van der Waals surface area contributed by atoms with Crippen molar-refractivity contribution in [3.8, 4) is 0 Å². The van der Waals surface area contributed by atoms with Crippen molar-refractivity contribution in [2.45, 2.75) is 60.0 Å². The zero-order valence-corrected chi connectivity index (χ0v) is 14.8. The third-order valence-electron chi connectivity index (χ3n) is 4.48. The second-order valence-corrected chi connectivity index (χ2v) is 6.76. The maximum Gasteiger partial charge on any atom is 0.413 e. The summed E-state index contributed by atoms with van der Waals surface area (Å²) in [4.78, 5) is 14.0. The van der Waals surface area contributed by atoms with E-state index in [9.17, 15) is 4.79 Å². The molecule has 0 saturated heterocycles. The smallest absolute Gasteiger partial charge is 0.413 e. The standard InChI is InChI=1S/C16H30N2O2S/c1-6-18(7-2)15(21)17-16(19)20-14-10-12(5)8-9-13(14)11(3)4/h11-14H,6-10H2,1-5H3,(H,17,19,21)/t12-,13-,14+/m0/s1. The average Bonchev–Trinajstić information content (AvgIpc) is 2.39. The molecule has 0 spiro atoms. The van der Waals surface area contributed by atoms with Crippen LogP contribution in [0.2, 0.25) is 0 Å². The molecule has 0 aliphatic heterocycles. The van der Waals surface area contributed by atoms with Gasteiger partial charge in [-0.2, -0.15) is 0 Å². The first kappa shape index (κ1) is 18.2. The Labute approximate surface area is 134 Å². The summed E-state index contributed by atoms with van der Waals surface area (Å²) in [6, 6.07) is 0. The Morgan fingerprint density at radius 1 is 1.33 bits per heavy atom. The Hall–Kier alpha value is -0.840. The molecule has 1 aliphatic rings. The van der Waals surface area contributed by atoms with E-state index in [0.29, 0.717) is 22.9 Å². The molecule has 1 N–H and O–H groups in total. The molecular formula is C16H30N2O2S. The van der Waals surface area contributed by atoms with E-state index in [0.717, 1.165) is 25.9 Å². The number of carbonyl (C=O) groups excluding carboxylic acids is 1. The van der Waals surface area contributed by atoms with Crippen LogP contribution < -0.4 is 5.32 Å². The Bertz CT molecular complexity index is 356. The number of amides is 1. The molecule has 3 atom stereocenters. The lowest BCUT2D eigenvalue weighted by molar-refractivity contribution is 0.00805. The van der Waals surface area contributed by atoms with Gasteiger partial charge in [-0.3, -0.25) is 5.32 Å². The van der Waals surface area contributed by atoms with Crippen molar-refractivity contribution in [3.05, 3.63) is 0 Å². The van der Waals surface area contributed by atoms with Gasteiger partial charge in [-0.15, -0.1) is 0 Å². The Balaban J connectivity index is 2.56. The van der Waals surface area contributed by atoms with Crippen molar-refractivity contribution in [1.29, 1.82) is 0 Å². The molecule has 0 unspecified atom stereocenters. The lowest BCUT2D eigenvalue weighted by Gasteiger charge is -2.36. The normalized spacial score (nSPS) is 25.5. The predicted octanol–water partition coefficient (Wildman–Crippen LogP) is 3.80. The Morgan fingerprint density at radius 3 is 2.48 bits per heavy atom. The number of nitrogens with one attached hydrogen (secondary N) is 1. The minimum Gasteiger partial charge on any atom is -0.446 e. The van der Waals surface area contributed by atoms with Gasteiger partial charge in [0.05, 0.1) is 0 Å². The van der Waals surface area contributed by atoms with Gasteiger partial charge in [-0.25, -0.2) is 4.79 Å². The zero-order valence-electron chi connectivity index (χ0n) is 14.0. The van der Waals surface area contributed by atoms with Crippen LogP contribution in [0.15, 0.2) is 0 Å². The summed E-state index contributed by atoms with van der Waals surface area (Å²) in [5.74, 6) is 1.60. The van der Waals surface area contributed by atoms with E-state index >= 15 is 0 Å². The molecule has 0 aromatic heterocycles. The Kier molecular flexibility index (Phi) is 7.43. The second-order valence-electron chi connectivity index (χ2n) is 6.37. The van der Waals surface area contributed by atoms with Crippen LogP contribution >= 0.6 is 12.2 Å². The van der Waals surface area contributed by atoms with E-state index < -0.39 is 6.09 Å². The van der Waals surface area contributed by atoms with Crippen molar-refractivity contribution >= 4 is 23.4 Å². The molecular weight excluding hydrogens is 284 g/mol. The van der Waals surface area contributed by atoms with E-state index in [2.05, 4.69) is 26.1 Å². The highest BCUT2D eigenvalue weighted by Gasteiger charge is 2.33. The minimum atomic E-state index is -0.406. The summed E-state index contributed by atoms with van der Waals surface area (Å²) in [5, 5.41) is 3.15. The molecule has 122 valence electrons. The first-order valence-electron chi connectivity index (χ1n) is 8.15. The van der Waals surface area contributed by atoms with Crippen LogP contribution in [0.4, 0.5) is 4.79 Å². The Morgan fingerprint density at radius 2 is 1.95 bits per heavy atom. The average molecular weight is 314 g/mol. The molecule has 0 aromatic rings. The highest BCUT2D eigenvalue weighted by atomic mass is 32.1. The summed E-state index contributed by atoms with van der Waals surface area (Å²) in [7, 11) is 0. The second kappa shape index (κ2) is 8.57. The number of hydrogen-bond acceptors (Lipinski definition) is 3. The summed E-state index contributed by atoms with van der Waals surface area (Å²) in [5.41, 5.74) is 0. The van der Waals surface area contributed by atoms with Gasteiger partial charge < -0.3 is 9.64 Å². The van der Waals surface area contributed by atoms with Crippen LogP contribution in [-0.2, 0) is 4.74 Å². The largest absolute Gasteiger partial charge is 0.446 e. The molecule has 5 heteroatoms. The first-order chi connectivity index (χ1) is 9.88. The van der Waals surface area contributed by atoms with Gasteiger partial charge in [0.2, 0.25) is 0 Å². The number of rotatable bonds is 4. The molecule has 0 aromatic carbocycles. The fraction of sp³-hybridized carbons (Fsp3) is 0.875. The fourth-order valence-electron chi connectivity index (χ4n) is 3.09. The maximum absolute atomic E-state index is 12.1. The number of hydrogen-bond donors (Lipinski definition) is 1. The van der Waals surface area contributed by atoms with Crippen LogP contribution in [0.3, 0.4) is 0 Å². The van der Waals surface area contributed by atoms with Gasteiger partial charge in [0.1, 0.15) is 6.10 Å². The number of thiocarbonyl (C=S) groups is 1. The van der Waals surface area contributed by atoms with Gasteiger partial charge in [0.15, 0.2) is 5.11 Å². The van der Waals surface area contributed by atoms with Crippen LogP contribution in [0.5, 0.6) is 0 Å². The highest BCUT2D eigenvalue weighted by Crippen LogP contribution is 2.35. The molecule has 1 rings (SSSR count). The monoisotopic (exact) mass is 314 g/mol. The first-order valence-corrected chi connectivity index (χ1v) is 8.56. The topological polar surface area (TPSA) is 41.6 Å². The van der Waals surface area contributed by atoms with Gasteiger partial charge in [0, 0.05) is 13.1 Å². The summed E-state index contributed by atoms with van der Waals surface area (Å²) in [6.45, 7) is 12.2. The third-order valence-corrected chi connectivity index (χ3v) is 4.84. The molecule has 0 bridgehead atoms. The number of ether oxygens (including phenoxy) is 1. The molecule has 1 aliphatic carbocycles. The number of nitrogens with zero attached hydrogens (tertiary/aromatic N) is 1. The molecule has 4 nitrogen and oxygen atoms in total. The van der Waals surface area contributed by atoms with Crippen molar-refractivity contribution in [2.24, 2.45) is 17.8 Å². The van der Waals surface area contributed by atoms with Crippen LogP contribution in [-0.4, -0.2) is 35.3 Å². The van der Waals surface area contributed by atoms with Crippen LogP contribution in [0, 0.1) is 17.8 Å².